The van der Waals surface area contributed by atoms with E-state index in [1.807, 2.05) is 35.4 Å². The molecule has 7 nitrogen and oxygen atoms in total. The van der Waals surface area contributed by atoms with Crippen molar-refractivity contribution >= 4 is 23.2 Å². The third-order valence-corrected chi connectivity index (χ3v) is 8.71. The molecule has 2 heterocycles. The number of carbonyl (C=O) groups excluding carboxylic acids is 2. The van der Waals surface area contributed by atoms with E-state index >= 15 is 0 Å². The number of carbonyl (C=O) groups is 2. The number of nitrogens with one attached hydrogen (secondary N) is 1. The Morgan fingerprint density at radius 2 is 1.68 bits per heavy atom. The third-order valence-electron chi connectivity index (χ3n) is 7.61. The molecule has 0 unspecified atom stereocenters. The predicted octanol–water partition coefficient (Wildman–Crippen LogP) is 6.07. The van der Waals surface area contributed by atoms with Gasteiger partial charge in [-0.3, -0.25) is 9.59 Å². The minimum absolute atomic E-state index is 0. The highest BCUT2D eigenvalue weighted by Gasteiger charge is 2.45. The van der Waals surface area contributed by atoms with Crippen LogP contribution in [0.3, 0.4) is 0 Å². The maximum atomic E-state index is 13.1. The highest BCUT2D eigenvalue weighted by atomic mass is 32.1. The lowest BCUT2D eigenvalue weighted by molar-refractivity contribution is -0.126. The number of hydrogen-bond acceptors (Lipinski definition) is 6. The molecular formula is C31H35FN4O3S. The van der Waals surface area contributed by atoms with Crippen molar-refractivity contribution in [3.63, 3.8) is 0 Å². The molecule has 0 radical (unpaired) electrons. The summed E-state index contributed by atoms with van der Waals surface area (Å²) in [5.74, 6) is 0.0699. The summed E-state index contributed by atoms with van der Waals surface area (Å²) in [6, 6.07) is 16.1. The summed E-state index contributed by atoms with van der Waals surface area (Å²) in [5, 5.41) is 12.6. The second kappa shape index (κ2) is 12.7. The summed E-state index contributed by atoms with van der Waals surface area (Å²) in [4.78, 5) is 31.5. The molecule has 1 aliphatic heterocycles. The molecule has 2 amide bonds. The molecule has 0 bridgehead atoms. The molecule has 2 aromatic carbocycles. The van der Waals surface area contributed by atoms with E-state index in [1.165, 1.54) is 18.6 Å². The van der Waals surface area contributed by atoms with Crippen molar-refractivity contribution < 1.29 is 20.1 Å². The van der Waals surface area contributed by atoms with Gasteiger partial charge < -0.3 is 15.0 Å². The molecule has 210 valence electrons. The van der Waals surface area contributed by atoms with E-state index in [0.29, 0.717) is 31.9 Å². The summed E-state index contributed by atoms with van der Waals surface area (Å²) in [5.41, 5.74) is 2.10. The van der Waals surface area contributed by atoms with Crippen LogP contribution in [0.4, 0.5) is 4.39 Å². The van der Waals surface area contributed by atoms with Crippen LogP contribution in [0.2, 0.25) is 0 Å². The van der Waals surface area contributed by atoms with Gasteiger partial charge in [0.25, 0.3) is 5.91 Å². The van der Waals surface area contributed by atoms with Crippen molar-refractivity contribution in [1.82, 2.24) is 15.2 Å². The number of nitriles is 1. The first kappa shape index (κ1) is 27.9. The first-order chi connectivity index (χ1) is 19.5. The Morgan fingerprint density at radius 3 is 2.30 bits per heavy atom. The number of benzene rings is 2. The van der Waals surface area contributed by atoms with Crippen LogP contribution in [0.15, 0.2) is 54.7 Å². The van der Waals surface area contributed by atoms with Crippen LogP contribution in [0.25, 0.3) is 21.0 Å². The molecule has 1 aromatic heterocycles. The van der Waals surface area contributed by atoms with Crippen LogP contribution in [0, 0.1) is 23.1 Å². The number of nitrogens with zero attached hydrogens (tertiary/aromatic N) is 3. The third kappa shape index (κ3) is 6.93. The van der Waals surface area contributed by atoms with E-state index in [0.717, 1.165) is 59.5 Å². The van der Waals surface area contributed by atoms with E-state index in [9.17, 15) is 14.0 Å². The van der Waals surface area contributed by atoms with Crippen molar-refractivity contribution in [2.45, 2.75) is 50.5 Å². The zero-order valence-corrected chi connectivity index (χ0v) is 23.2. The largest absolute Gasteiger partial charge is 0.378 e. The number of ether oxygens (including phenoxy) is 1. The van der Waals surface area contributed by atoms with Gasteiger partial charge >= 0.3 is 0 Å². The first-order valence-electron chi connectivity index (χ1n) is 13.9. The van der Waals surface area contributed by atoms with Crippen LogP contribution in [0.1, 0.15) is 56.7 Å². The van der Waals surface area contributed by atoms with Gasteiger partial charge in [0, 0.05) is 37.8 Å². The molecule has 0 atom stereocenters. The monoisotopic (exact) mass is 562 g/mol. The Labute approximate surface area is 239 Å². The second-order valence-corrected chi connectivity index (χ2v) is 11.6. The second-order valence-electron chi connectivity index (χ2n) is 10.5. The molecule has 3 fully saturated rings. The van der Waals surface area contributed by atoms with Gasteiger partial charge in [-0.25, -0.2) is 9.37 Å². The molecule has 2 saturated carbocycles. The molecular weight excluding hydrogens is 527 g/mol. The highest BCUT2D eigenvalue weighted by Crippen LogP contribution is 2.36. The smallest absolute Gasteiger partial charge is 0.254 e. The number of morpholine rings is 1. The van der Waals surface area contributed by atoms with Gasteiger partial charge in [-0.05, 0) is 67.6 Å². The molecule has 3 aliphatic rings. The van der Waals surface area contributed by atoms with Crippen molar-refractivity contribution in [1.29, 1.82) is 5.26 Å². The Kier molecular flexibility index (Phi) is 8.88. The van der Waals surface area contributed by atoms with Crippen LogP contribution in [0.5, 0.6) is 0 Å². The predicted molar refractivity (Wildman–Crippen MR) is 154 cm³/mol. The fraction of sp³-hybridized carbons (Fsp3) is 0.419. The molecule has 1 N–H and O–H groups in total. The van der Waals surface area contributed by atoms with Crippen molar-refractivity contribution in [3.05, 3.63) is 66.1 Å². The molecule has 40 heavy (non-hydrogen) atoms. The fourth-order valence-corrected chi connectivity index (χ4v) is 5.88. The molecule has 0 spiro atoms. The van der Waals surface area contributed by atoms with Crippen molar-refractivity contribution in [2.24, 2.45) is 5.92 Å². The van der Waals surface area contributed by atoms with Crippen LogP contribution in [-0.2, 0) is 9.53 Å². The topological polar surface area (TPSA) is 95.3 Å². The maximum Gasteiger partial charge on any atom is 0.254 e. The summed E-state index contributed by atoms with van der Waals surface area (Å²) >= 11 is 1.54. The summed E-state index contributed by atoms with van der Waals surface area (Å²) in [6.45, 7) is 2.46. The molecule has 2 aliphatic carbocycles. The quantitative estimate of drug-likeness (QED) is 0.407. The van der Waals surface area contributed by atoms with Gasteiger partial charge in [-0.2, -0.15) is 5.26 Å². The molecule has 3 aromatic rings. The number of rotatable bonds is 5. The average molecular weight is 563 g/mol. The Balaban J connectivity index is 0.000000219. The molecule has 6 rings (SSSR count). The number of aromatic nitrogens is 1. The van der Waals surface area contributed by atoms with Gasteiger partial charge in [0.1, 0.15) is 16.4 Å². The van der Waals surface area contributed by atoms with Gasteiger partial charge in [0.15, 0.2) is 0 Å². The lowest BCUT2D eigenvalue weighted by Gasteiger charge is -2.26. The summed E-state index contributed by atoms with van der Waals surface area (Å²) in [6.07, 6.45) is 9.08. The number of hydrogen-bond donors (Lipinski definition) is 1. The number of thiazole rings is 1. The zero-order valence-electron chi connectivity index (χ0n) is 22.4. The Morgan fingerprint density at radius 1 is 1.02 bits per heavy atom. The standard InChI is InChI=1S/C20H17FN2O2S.C11H16N2O.H2/c21-17-7-5-15(6-8-17)19-22-13-18(26-19)14-1-3-16(4-2-14)20(24)23-9-11-25-12-10-23;12-8-11(6-7-11)13-10(14)9-4-2-1-3-5-9;/h1-8,13H,9-12H2;9H,1-7H2,(H,13,14);1H. The van der Waals surface area contributed by atoms with E-state index in [-0.39, 0.29) is 25.0 Å². The van der Waals surface area contributed by atoms with Crippen LogP contribution < -0.4 is 5.32 Å². The van der Waals surface area contributed by atoms with Crippen LogP contribution in [-0.4, -0.2) is 53.5 Å². The number of halogens is 1. The average Bonchev–Trinajstić information content (AvgIpc) is 3.61. The number of amides is 2. The SMILES string of the molecule is N#CC1(NC(=O)C2CCCCC2)CC1.O=C(c1ccc(-c2cnc(-c3ccc(F)cc3)s2)cc1)N1CCOCC1.[HH]. The van der Waals surface area contributed by atoms with Gasteiger partial charge in [-0.15, -0.1) is 11.3 Å². The lowest BCUT2D eigenvalue weighted by Crippen LogP contribution is -2.40. The van der Waals surface area contributed by atoms with E-state index in [4.69, 9.17) is 10.00 Å². The Hall–Kier alpha value is -3.61. The van der Waals surface area contributed by atoms with Crippen molar-refractivity contribution in [3.8, 4) is 27.1 Å². The van der Waals surface area contributed by atoms with Gasteiger partial charge in [-0.1, -0.05) is 31.4 Å². The van der Waals surface area contributed by atoms with E-state index < -0.39 is 5.54 Å². The van der Waals surface area contributed by atoms with Gasteiger partial charge in [0.05, 0.1) is 24.2 Å². The van der Waals surface area contributed by atoms with Gasteiger partial charge in [0.2, 0.25) is 5.91 Å². The fourth-order valence-electron chi connectivity index (χ4n) is 4.95. The normalized spacial score (nSPS) is 18.1. The Bertz CT molecular complexity index is 1360. The lowest BCUT2D eigenvalue weighted by atomic mass is 9.88. The minimum atomic E-state index is -0.478. The zero-order chi connectivity index (χ0) is 28.0. The van der Waals surface area contributed by atoms with Crippen LogP contribution >= 0.6 is 11.3 Å². The highest BCUT2D eigenvalue weighted by molar-refractivity contribution is 7.18. The first-order valence-corrected chi connectivity index (χ1v) is 14.7. The minimum Gasteiger partial charge on any atom is -0.378 e. The molecule has 1 saturated heterocycles. The summed E-state index contributed by atoms with van der Waals surface area (Å²) < 4.78 is 18.3. The van der Waals surface area contributed by atoms with E-state index in [2.05, 4.69) is 16.4 Å². The van der Waals surface area contributed by atoms with Crippen molar-refractivity contribution in [2.75, 3.05) is 26.3 Å². The summed E-state index contributed by atoms with van der Waals surface area (Å²) in [7, 11) is 0. The van der Waals surface area contributed by atoms with E-state index in [1.54, 1.807) is 23.5 Å². The maximum absolute atomic E-state index is 13.1. The molecule has 9 heteroatoms.